The van der Waals surface area contributed by atoms with Crippen molar-refractivity contribution in [3.8, 4) is 5.75 Å². The summed E-state index contributed by atoms with van der Waals surface area (Å²) in [5, 5.41) is 0.651. The van der Waals surface area contributed by atoms with Gasteiger partial charge in [0, 0.05) is 11.6 Å². The van der Waals surface area contributed by atoms with Gasteiger partial charge in [-0.1, -0.05) is 29.0 Å². The summed E-state index contributed by atoms with van der Waals surface area (Å²) in [6, 6.07) is 7.08. The number of hydrogen-bond acceptors (Lipinski definition) is 5. The van der Waals surface area contributed by atoms with Crippen LogP contribution in [0.1, 0.15) is 0 Å². The zero-order chi connectivity index (χ0) is 17.1. The number of thiazole rings is 1. The molecule has 0 aliphatic carbocycles. The molecule has 2 aromatic heterocycles. The highest BCUT2D eigenvalue weighted by Crippen LogP contribution is 2.18. The molecule has 2 heterocycles. The summed E-state index contributed by atoms with van der Waals surface area (Å²) >= 11 is 12.4. The van der Waals surface area contributed by atoms with Crippen LogP contribution in [0.4, 0.5) is 0 Å². The lowest BCUT2D eigenvalue weighted by Gasteiger charge is -2.08. The van der Waals surface area contributed by atoms with Gasteiger partial charge in [0.1, 0.15) is 23.4 Å². The highest BCUT2D eigenvalue weighted by molar-refractivity contribution is 7.73. The minimum Gasteiger partial charge on any atom is -0.492 e. The predicted molar refractivity (Wildman–Crippen MR) is 99.8 cm³/mol. The summed E-state index contributed by atoms with van der Waals surface area (Å²) in [5.74, 6) is 0.703. The third-order valence-corrected chi connectivity index (χ3v) is 5.05. The Labute approximate surface area is 152 Å². The summed E-state index contributed by atoms with van der Waals surface area (Å²) in [6.07, 6.45) is 3.26. The second kappa shape index (κ2) is 7.29. The topological polar surface area (TPSA) is 49.0 Å². The molecule has 0 radical (unpaired) electrons. The molecule has 0 unspecified atom stereocenters. The fourth-order valence-electron chi connectivity index (χ4n) is 2.21. The maximum atomic E-state index is 12.6. The van der Waals surface area contributed by atoms with Gasteiger partial charge < -0.3 is 9.30 Å². The first-order valence-corrected chi connectivity index (χ1v) is 8.78. The zero-order valence-corrected chi connectivity index (χ0v) is 15.0. The van der Waals surface area contributed by atoms with Crippen molar-refractivity contribution in [2.75, 3.05) is 6.61 Å². The van der Waals surface area contributed by atoms with Crippen molar-refractivity contribution in [1.29, 1.82) is 0 Å². The van der Waals surface area contributed by atoms with Crippen LogP contribution in [-0.4, -0.2) is 20.7 Å². The van der Waals surface area contributed by atoms with Crippen LogP contribution in [0.3, 0.4) is 0 Å². The molecule has 0 saturated carbocycles. The van der Waals surface area contributed by atoms with Gasteiger partial charge >= 0.3 is 0 Å². The minimum atomic E-state index is -0.112. The molecule has 0 atom stereocenters. The van der Waals surface area contributed by atoms with Gasteiger partial charge in [-0.05, 0) is 36.5 Å². The van der Waals surface area contributed by atoms with Crippen LogP contribution in [0.25, 0.3) is 10.3 Å². The monoisotopic (exact) mass is 379 g/mol. The van der Waals surface area contributed by atoms with Gasteiger partial charge in [-0.2, -0.15) is 0 Å². The quantitative estimate of drug-likeness (QED) is 0.481. The van der Waals surface area contributed by atoms with Crippen molar-refractivity contribution in [3.63, 3.8) is 0 Å². The van der Waals surface area contributed by atoms with Crippen molar-refractivity contribution in [2.24, 2.45) is 0 Å². The Kier molecular flexibility index (Phi) is 5.13. The van der Waals surface area contributed by atoms with Crippen LogP contribution >= 0.6 is 35.2 Å². The summed E-state index contributed by atoms with van der Waals surface area (Å²) in [5.41, 5.74) is 0.489. The van der Waals surface area contributed by atoms with E-state index >= 15 is 0 Å². The van der Waals surface area contributed by atoms with E-state index in [1.807, 2.05) is 0 Å². The highest BCUT2D eigenvalue weighted by atomic mass is 35.5. The Hall–Kier alpha value is -1.96. The molecule has 24 heavy (non-hydrogen) atoms. The first-order chi connectivity index (χ1) is 11.6. The Balaban J connectivity index is 1.79. The van der Waals surface area contributed by atoms with Crippen molar-refractivity contribution in [1.82, 2.24) is 14.1 Å². The third kappa shape index (κ3) is 3.43. The SMILES string of the molecule is C=CCn1c(=S)sc2c(=O)n(CCOc3ccc(Cl)cc3)cnc21. The fourth-order valence-corrected chi connectivity index (χ4v) is 3.66. The van der Waals surface area contributed by atoms with Crippen LogP contribution in [0.5, 0.6) is 5.75 Å². The maximum absolute atomic E-state index is 12.6. The summed E-state index contributed by atoms with van der Waals surface area (Å²) in [4.78, 5) is 16.9. The van der Waals surface area contributed by atoms with Crippen molar-refractivity contribution < 1.29 is 4.74 Å². The van der Waals surface area contributed by atoms with Crippen LogP contribution in [0, 0.1) is 3.95 Å². The van der Waals surface area contributed by atoms with E-state index in [2.05, 4.69) is 11.6 Å². The molecule has 0 spiro atoms. The standard InChI is InChI=1S/C16H14ClN3O2S2/c1-2-7-20-14-13(24-16(20)23)15(21)19(10-18-14)8-9-22-12-5-3-11(17)4-6-12/h2-6,10H,1,7-9H2. The molecule has 0 fully saturated rings. The van der Waals surface area contributed by atoms with E-state index < -0.39 is 0 Å². The molecule has 3 aromatic rings. The molecule has 124 valence electrons. The molecule has 0 N–H and O–H groups in total. The van der Waals surface area contributed by atoms with E-state index in [1.165, 1.54) is 22.2 Å². The molecule has 8 heteroatoms. The Morgan fingerprint density at radius 3 is 2.83 bits per heavy atom. The van der Waals surface area contributed by atoms with Gasteiger partial charge in [0.05, 0.1) is 6.54 Å². The van der Waals surface area contributed by atoms with Crippen LogP contribution in [0.2, 0.25) is 5.02 Å². The number of halogens is 1. The van der Waals surface area contributed by atoms with Crippen molar-refractivity contribution >= 4 is 45.5 Å². The molecule has 0 saturated heterocycles. The van der Waals surface area contributed by atoms with Crippen molar-refractivity contribution in [3.05, 3.63) is 62.6 Å². The van der Waals surface area contributed by atoms with Gasteiger partial charge in [0.2, 0.25) is 0 Å². The summed E-state index contributed by atoms with van der Waals surface area (Å²) in [6.45, 7) is 4.99. The number of aromatic nitrogens is 3. The van der Waals surface area contributed by atoms with E-state index in [4.69, 9.17) is 28.6 Å². The van der Waals surface area contributed by atoms with E-state index in [0.717, 1.165) is 0 Å². The Morgan fingerprint density at radius 2 is 2.12 bits per heavy atom. The molecular weight excluding hydrogens is 366 g/mol. The molecule has 5 nitrogen and oxygen atoms in total. The average molecular weight is 380 g/mol. The van der Waals surface area contributed by atoms with Gasteiger partial charge in [0.15, 0.2) is 9.60 Å². The number of allylic oxidation sites excluding steroid dienone is 1. The Morgan fingerprint density at radius 1 is 1.38 bits per heavy atom. The van der Waals surface area contributed by atoms with E-state index in [9.17, 15) is 4.79 Å². The van der Waals surface area contributed by atoms with Gasteiger partial charge in [-0.3, -0.25) is 9.36 Å². The third-order valence-electron chi connectivity index (χ3n) is 3.37. The second-order valence-corrected chi connectivity index (χ2v) is 7.05. The largest absolute Gasteiger partial charge is 0.492 e. The molecule has 3 rings (SSSR count). The van der Waals surface area contributed by atoms with E-state index in [-0.39, 0.29) is 5.56 Å². The van der Waals surface area contributed by atoms with E-state index in [0.29, 0.717) is 44.8 Å². The molecule has 0 aliphatic heterocycles. The maximum Gasteiger partial charge on any atom is 0.273 e. The Bertz CT molecular complexity index is 989. The van der Waals surface area contributed by atoms with Gasteiger partial charge in [-0.15, -0.1) is 6.58 Å². The lowest BCUT2D eigenvalue weighted by Crippen LogP contribution is -2.23. The first kappa shape index (κ1) is 16.9. The molecule has 0 aliphatic rings. The summed E-state index contributed by atoms with van der Waals surface area (Å²) in [7, 11) is 0. The molecule has 0 amide bonds. The number of fused-ring (bicyclic) bond motifs is 1. The minimum absolute atomic E-state index is 0.112. The molecule has 1 aromatic carbocycles. The smallest absolute Gasteiger partial charge is 0.273 e. The van der Waals surface area contributed by atoms with Gasteiger partial charge in [0.25, 0.3) is 5.56 Å². The van der Waals surface area contributed by atoms with Gasteiger partial charge in [-0.25, -0.2) is 4.98 Å². The number of hydrogen-bond donors (Lipinski definition) is 0. The van der Waals surface area contributed by atoms with Crippen LogP contribution < -0.4 is 10.3 Å². The number of benzene rings is 1. The number of nitrogens with zero attached hydrogens (tertiary/aromatic N) is 3. The summed E-state index contributed by atoms with van der Waals surface area (Å²) < 4.78 is 10.1. The average Bonchev–Trinajstić information content (AvgIpc) is 2.89. The zero-order valence-electron chi connectivity index (χ0n) is 12.6. The van der Waals surface area contributed by atoms with Crippen LogP contribution in [0.15, 0.2) is 48.0 Å². The number of rotatable bonds is 6. The van der Waals surface area contributed by atoms with E-state index in [1.54, 1.807) is 34.9 Å². The van der Waals surface area contributed by atoms with Crippen molar-refractivity contribution in [2.45, 2.75) is 13.1 Å². The fraction of sp³-hybridized carbons (Fsp3) is 0.188. The second-order valence-electron chi connectivity index (χ2n) is 4.97. The lowest BCUT2D eigenvalue weighted by atomic mass is 10.3. The first-order valence-electron chi connectivity index (χ1n) is 7.18. The normalized spacial score (nSPS) is 10.9. The highest BCUT2D eigenvalue weighted by Gasteiger charge is 2.11. The predicted octanol–water partition coefficient (Wildman–Crippen LogP) is 3.91. The molecule has 0 bridgehead atoms. The van der Waals surface area contributed by atoms with Crippen LogP contribution in [-0.2, 0) is 13.1 Å². The number of ether oxygens (including phenoxy) is 1. The lowest BCUT2D eigenvalue weighted by molar-refractivity contribution is 0.296. The molecular formula is C16H14ClN3O2S2.